The molecule has 0 amide bonds. The first-order valence-corrected chi connectivity index (χ1v) is 5.94. The van der Waals surface area contributed by atoms with Crippen LogP contribution < -0.4 is 11.1 Å². The summed E-state index contributed by atoms with van der Waals surface area (Å²) < 4.78 is 13.8. The molecular weight excluding hydrogens is 261 g/mol. The topological polar surface area (TPSA) is 96.4 Å². The Morgan fingerprint density at radius 2 is 2.20 bits per heavy atom. The first kappa shape index (κ1) is 13.9. The quantitative estimate of drug-likeness (QED) is 0.327. The minimum atomic E-state index is -0.416. The molecule has 20 heavy (non-hydrogen) atoms. The molecule has 0 bridgehead atoms. The number of amidine groups is 1. The summed E-state index contributed by atoms with van der Waals surface area (Å²) in [6, 6.07) is 8.03. The molecule has 0 unspecified atom stereocenters. The van der Waals surface area contributed by atoms with E-state index in [4.69, 9.17) is 10.9 Å². The maximum atomic E-state index is 13.8. The van der Waals surface area contributed by atoms with Crippen LogP contribution in [0.5, 0.6) is 0 Å². The van der Waals surface area contributed by atoms with Crippen LogP contribution in [-0.4, -0.2) is 21.2 Å². The predicted octanol–water partition coefficient (Wildman–Crippen LogP) is 1.000. The Kier molecular flexibility index (Phi) is 4.56. The fraction of sp³-hybridized carbons (Fsp3) is 0.154. The normalized spacial score (nSPS) is 11.6. The van der Waals surface area contributed by atoms with Crippen molar-refractivity contribution in [1.82, 2.24) is 15.5 Å². The average molecular weight is 275 g/mol. The van der Waals surface area contributed by atoms with Crippen molar-refractivity contribution >= 4 is 5.84 Å². The van der Waals surface area contributed by atoms with Gasteiger partial charge < -0.3 is 16.3 Å². The third-order valence-corrected chi connectivity index (χ3v) is 2.71. The molecule has 1 aromatic carbocycles. The molecule has 0 fully saturated rings. The lowest BCUT2D eigenvalue weighted by Gasteiger charge is -2.07. The Bertz CT molecular complexity index is 603. The molecule has 6 nitrogen and oxygen atoms in total. The van der Waals surface area contributed by atoms with Crippen LogP contribution in [-0.2, 0) is 13.1 Å². The van der Waals surface area contributed by atoms with E-state index in [1.807, 2.05) is 6.07 Å². The van der Waals surface area contributed by atoms with E-state index in [2.05, 4.69) is 20.7 Å². The summed E-state index contributed by atoms with van der Waals surface area (Å²) in [5, 5.41) is 22.1. The molecule has 4 N–H and O–H groups in total. The number of nitrogens with two attached hydrogens (primary N) is 1. The summed E-state index contributed by atoms with van der Waals surface area (Å²) in [5.41, 5.74) is 7.00. The van der Waals surface area contributed by atoms with E-state index in [1.165, 1.54) is 6.07 Å². The maximum Gasteiger partial charge on any atom is 0.170 e. The summed E-state index contributed by atoms with van der Waals surface area (Å²) in [5.74, 6) is -0.538. The highest BCUT2D eigenvalue weighted by Crippen LogP contribution is 2.10. The largest absolute Gasteiger partial charge is 0.409 e. The van der Waals surface area contributed by atoms with Crippen LogP contribution >= 0.6 is 0 Å². The van der Waals surface area contributed by atoms with Crippen LogP contribution in [0, 0.1) is 5.82 Å². The second kappa shape index (κ2) is 6.58. The number of nitrogens with one attached hydrogen (secondary N) is 1. The average Bonchev–Trinajstić information content (AvgIpc) is 2.49. The standard InChI is InChI=1S/C13H14FN5O/c14-12-6-9(13(15)19-20)3-4-10(12)7-16-8-11-2-1-5-17-18-11/h1-6,16,20H,7-8H2,(H2,15,19). The first-order valence-electron chi connectivity index (χ1n) is 5.94. The second-order valence-corrected chi connectivity index (χ2v) is 4.11. The minimum absolute atomic E-state index is 0.122. The van der Waals surface area contributed by atoms with Crippen LogP contribution in [0.2, 0.25) is 0 Å². The summed E-state index contributed by atoms with van der Waals surface area (Å²) in [6.45, 7) is 0.841. The van der Waals surface area contributed by atoms with E-state index in [0.29, 0.717) is 24.2 Å². The number of benzene rings is 1. The highest BCUT2D eigenvalue weighted by molar-refractivity contribution is 5.97. The molecule has 1 aromatic heterocycles. The lowest BCUT2D eigenvalue weighted by Crippen LogP contribution is -2.16. The van der Waals surface area contributed by atoms with E-state index >= 15 is 0 Å². The van der Waals surface area contributed by atoms with Gasteiger partial charge in [0, 0.05) is 30.4 Å². The molecule has 0 radical (unpaired) electrons. The van der Waals surface area contributed by atoms with Gasteiger partial charge in [-0.05, 0) is 18.2 Å². The van der Waals surface area contributed by atoms with Gasteiger partial charge in [-0.2, -0.15) is 10.2 Å². The SMILES string of the molecule is N/C(=N/O)c1ccc(CNCc2cccnn2)c(F)c1. The molecule has 104 valence electrons. The van der Waals surface area contributed by atoms with Gasteiger partial charge in [-0.25, -0.2) is 4.39 Å². The van der Waals surface area contributed by atoms with Crippen LogP contribution in [0.25, 0.3) is 0 Å². The van der Waals surface area contributed by atoms with E-state index in [9.17, 15) is 4.39 Å². The molecule has 0 aliphatic heterocycles. The lowest BCUT2D eigenvalue weighted by atomic mass is 10.1. The first-order chi connectivity index (χ1) is 9.70. The molecule has 0 aliphatic carbocycles. The molecule has 1 heterocycles. The van der Waals surface area contributed by atoms with Gasteiger partial charge in [0.2, 0.25) is 0 Å². The van der Waals surface area contributed by atoms with Gasteiger partial charge in [-0.15, -0.1) is 0 Å². The molecule has 2 rings (SSSR count). The van der Waals surface area contributed by atoms with Crippen molar-refractivity contribution in [3.63, 3.8) is 0 Å². The Morgan fingerprint density at radius 1 is 1.35 bits per heavy atom. The fourth-order valence-corrected chi connectivity index (χ4v) is 1.66. The van der Waals surface area contributed by atoms with Crippen molar-refractivity contribution in [2.45, 2.75) is 13.1 Å². The van der Waals surface area contributed by atoms with E-state index in [0.717, 1.165) is 5.69 Å². The number of oxime groups is 1. The van der Waals surface area contributed by atoms with E-state index < -0.39 is 5.82 Å². The Balaban J connectivity index is 1.97. The number of hydrogen-bond donors (Lipinski definition) is 3. The van der Waals surface area contributed by atoms with Crippen molar-refractivity contribution in [2.24, 2.45) is 10.9 Å². The highest BCUT2D eigenvalue weighted by atomic mass is 19.1. The number of nitrogens with zero attached hydrogens (tertiary/aromatic N) is 3. The van der Waals surface area contributed by atoms with E-state index in [1.54, 1.807) is 24.4 Å². The van der Waals surface area contributed by atoms with Gasteiger partial charge in [-0.1, -0.05) is 17.3 Å². The number of aromatic nitrogens is 2. The number of rotatable bonds is 5. The van der Waals surface area contributed by atoms with Crippen LogP contribution in [0.4, 0.5) is 4.39 Å². The Morgan fingerprint density at radius 3 is 2.85 bits per heavy atom. The summed E-state index contributed by atoms with van der Waals surface area (Å²) >= 11 is 0. The van der Waals surface area contributed by atoms with Gasteiger partial charge >= 0.3 is 0 Å². The number of hydrogen-bond acceptors (Lipinski definition) is 5. The molecule has 0 atom stereocenters. The Labute approximate surface area is 115 Å². The van der Waals surface area contributed by atoms with Crippen molar-refractivity contribution in [3.05, 3.63) is 59.2 Å². The molecule has 0 spiro atoms. The third kappa shape index (κ3) is 3.48. The van der Waals surface area contributed by atoms with Crippen LogP contribution in [0.1, 0.15) is 16.8 Å². The van der Waals surface area contributed by atoms with Crippen LogP contribution in [0.15, 0.2) is 41.7 Å². The molecule has 7 heteroatoms. The van der Waals surface area contributed by atoms with E-state index in [-0.39, 0.29) is 5.84 Å². The van der Waals surface area contributed by atoms with Gasteiger partial charge in [0.1, 0.15) is 5.82 Å². The monoisotopic (exact) mass is 275 g/mol. The van der Waals surface area contributed by atoms with Crippen molar-refractivity contribution in [1.29, 1.82) is 0 Å². The second-order valence-electron chi connectivity index (χ2n) is 4.11. The fourth-order valence-electron chi connectivity index (χ4n) is 1.66. The number of halogens is 1. The zero-order chi connectivity index (χ0) is 14.4. The van der Waals surface area contributed by atoms with Crippen molar-refractivity contribution in [3.8, 4) is 0 Å². The molecule has 2 aromatic rings. The Hall–Kier alpha value is -2.54. The van der Waals surface area contributed by atoms with Gasteiger partial charge in [0.15, 0.2) is 5.84 Å². The van der Waals surface area contributed by atoms with Crippen LogP contribution in [0.3, 0.4) is 0 Å². The minimum Gasteiger partial charge on any atom is -0.409 e. The summed E-state index contributed by atoms with van der Waals surface area (Å²) in [6.07, 6.45) is 1.59. The molecular formula is C13H14FN5O. The third-order valence-electron chi connectivity index (χ3n) is 2.71. The zero-order valence-corrected chi connectivity index (χ0v) is 10.6. The van der Waals surface area contributed by atoms with Gasteiger partial charge in [-0.3, -0.25) is 0 Å². The van der Waals surface area contributed by atoms with Crippen molar-refractivity contribution in [2.75, 3.05) is 0 Å². The van der Waals surface area contributed by atoms with Gasteiger partial charge in [0.25, 0.3) is 0 Å². The highest BCUT2D eigenvalue weighted by Gasteiger charge is 2.06. The smallest absolute Gasteiger partial charge is 0.170 e. The maximum absolute atomic E-state index is 13.8. The van der Waals surface area contributed by atoms with Crippen molar-refractivity contribution < 1.29 is 9.60 Å². The molecule has 0 aliphatic rings. The molecule has 0 saturated heterocycles. The summed E-state index contributed by atoms with van der Waals surface area (Å²) in [4.78, 5) is 0. The lowest BCUT2D eigenvalue weighted by molar-refractivity contribution is 0.318. The summed E-state index contributed by atoms with van der Waals surface area (Å²) in [7, 11) is 0. The molecule has 0 saturated carbocycles. The van der Waals surface area contributed by atoms with Gasteiger partial charge in [0.05, 0.1) is 5.69 Å². The predicted molar refractivity (Wildman–Crippen MR) is 71.5 cm³/mol. The zero-order valence-electron chi connectivity index (χ0n) is 10.6.